The van der Waals surface area contributed by atoms with Gasteiger partial charge in [0.25, 0.3) is 5.91 Å². The van der Waals surface area contributed by atoms with Crippen molar-refractivity contribution in [3.8, 4) is 5.75 Å². The molecule has 0 aliphatic heterocycles. The predicted molar refractivity (Wildman–Crippen MR) is 84.7 cm³/mol. The fourth-order valence-electron chi connectivity index (χ4n) is 2.07. The third kappa shape index (κ3) is 4.28. The van der Waals surface area contributed by atoms with Crippen LogP contribution in [0.1, 0.15) is 11.1 Å². The molecule has 0 atom stereocenters. The molecule has 0 fully saturated rings. The minimum atomic E-state index is -0.731. The lowest BCUT2D eigenvalue weighted by Crippen LogP contribution is -2.29. The van der Waals surface area contributed by atoms with E-state index in [1.807, 2.05) is 0 Å². The Labute approximate surface area is 137 Å². The fourth-order valence-corrected chi connectivity index (χ4v) is 2.07. The van der Waals surface area contributed by atoms with Crippen molar-refractivity contribution in [2.75, 3.05) is 14.2 Å². The van der Waals surface area contributed by atoms with E-state index in [4.69, 9.17) is 9.57 Å². The molecule has 126 valence electrons. The standard InChI is InChI=1S/C17H16F2N2O3/c1-20-17(22)16(21-23-2)15-6-4-3-5-11(15)10-24-14-8-12(18)7-13(19)9-14/h3-9H,10H2,1-2H3,(H,20,22). The number of carbonyl (C=O) groups excluding carboxylic acids is 1. The van der Waals surface area contributed by atoms with Crippen LogP contribution in [0.4, 0.5) is 8.78 Å². The summed E-state index contributed by atoms with van der Waals surface area (Å²) in [6, 6.07) is 9.80. The number of nitrogens with zero attached hydrogens (tertiary/aromatic N) is 1. The van der Waals surface area contributed by atoms with E-state index in [9.17, 15) is 13.6 Å². The van der Waals surface area contributed by atoms with Crippen LogP contribution >= 0.6 is 0 Å². The Bertz CT molecular complexity index is 743. The van der Waals surface area contributed by atoms with E-state index in [0.29, 0.717) is 11.1 Å². The molecule has 0 radical (unpaired) electrons. The van der Waals surface area contributed by atoms with Crippen LogP contribution in [0.2, 0.25) is 0 Å². The quantitative estimate of drug-likeness (QED) is 0.653. The van der Waals surface area contributed by atoms with Crippen LogP contribution in [-0.2, 0) is 16.2 Å². The Hall–Kier alpha value is -2.96. The number of ether oxygens (including phenoxy) is 1. The highest BCUT2D eigenvalue weighted by molar-refractivity contribution is 6.45. The first-order valence-electron chi connectivity index (χ1n) is 7.05. The van der Waals surface area contributed by atoms with Gasteiger partial charge in [0.2, 0.25) is 0 Å². The van der Waals surface area contributed by atoms with E-state index in [1.54, 1.807) is 24.3 Å². The van der Waals surface area contributed by atoms with Crippen LogP contribution in [0.3, 0.4) is 0 Å². The second-order valence-corrected chi connectivity index (χ2v) is 4.75. The SMILES string of the molecule is CNC(=O)C(=NOC)c1ccccc1COc1cc(F)cc(F)c1. The summed E-state index contributed by atoms with van der Waals surface area (Å²) in [6.07, 6.45) is 0. The number of hydrogen-bond donors (Lipinski definition) is 1. The third-order valence-electron chi connectivity index (χ3n) is 3.13. The normalized spacial score (nSPS) is 11.1. The highest BCUT2D eigenvalue weighted by atomic mass is 19.1. The number of likely N-dealkylation sites (N-methyl/N-ethyl adjacent to an activating group) is 1. The molecule has 2 aromatic rings. The predicted octanol–water partition coefficient (Wildman–Crippen LogP) is 2.64. The van der Waals surface area contributed by atoms with E-state index < -0.39 is 17.5 Å². The largest absolute Gasteiger partial charge is 0.489 e. The second kappa shape index (κ2) is 8.05. The van der Waals surface area contributed by atoms with Gasteiger partial charge < -0.3 is 14.9 Å². The average Bonchev–Trinajstić information content (AvgIpc) is 2.57. The van der Waals surface area contributed by atoms with Crippen molar-refractivity contribution in [1.82, 2.24) is 5.32 Å². The van der Waals surface area contributed by atoms with Gasteiger partial charge in [-0.15, -0.1) is 0 Å². The number of oxime groups is 1. The molecule has 0 bridgehead atoms. The maximum atomic E-state index is 13.2. The number of carbonyl (C=O) groups is 1. The van der Waals surface area contributed by atoms with Crippen molar-refractivity contribution in [3.05, 3.63) is 65.2 Å². The Balaban J connectivity index is 2.28. The van der Waals surface area contributed by atoms with Gasteiger partial charge in [0.1, 0.15) is 31.1 Å². The van der Waals surface area contributed by atoms with E-state index >= 15 is 0 Å². The van der Waals surface area contributed by atoms with Crippen LogP contribution in [0.15, 0.2) is 47.6 Å². The lowest BCUT2D eigenvalue weighted by Gasteiger charge is -2.12. The summed E-state index contributed by atoms with van der Waals surface area (Å²) in [4.78, 5) is 16.7. The van der Waals surface area contributed by atoms with Crippen LogP contribution in [-0.4, -0.2) is 25.8 Å². The average molecular weight is 334 g/mol. The summed E-state index contributed by atoms with van der Waals surface area (Å²) in [6.45, 7) is -0.00120. The fraction of sp³-hybridized carbons (Fsp3) is 0.176. The molecule has 0 aromatic heterocycles. The van der Waals surface area contributed by atoms with Gasteiger partial charge in [-0.2, -0.15) is 0 Å². The number of amides is 1. The maximum Gasteiger partial charge on any atom is 0.273 e. The summed E-state index contributed by atoms with van der Waals surface area (Å²) in [5, 5.41) is 6.21. The van der Waals surface area contributed by atoms with Gasteiger partial charge in [-0.3, -0.25) is 4.79 Å². The van der Waals surface area contributed by atoms with Gasteiger partial charge in [0, 0.05) is 30.8 Å². The Morgan fingerprint density at radius 3 is 2.46 bits per heavy atom. The summed E-state index contributed by atoms with van der Waals surface area (Å²) in [7, 11) is 2.81. The molecule has 5 nitrogen and oxygen atoms in total. The Morgan fingerprint density at radius 2 is 1.83 bits per heavy atom. The van der Waals surface area contributed by atoms with Crippen LogP contribution in [0, 0.1) is 11.6 Å². The molecule has 1 amide bonds. The molecule has 0 heterocycles. The van der Waals surface area contributed by atoms with Gasteiger partial charge in [-0.25, -0.2) is 8.78 Å². The van der Waals surface area contributed by atoms with E-state index in [0.717, 1.165) is 18.2 Å². The second-order valence-electron chi connectivity index (χ2n) is 4.75. The number of hydrogen-bond acceptors (Lipinski definition) is 4. The van der Waals surface area contributed by atoms with Crippen LogP contribution in [0.5, 0.6) is 5.75 Å². The lowest BCUT2D eigenvalue weighted by molar-refractivity contribution is -0.114. The van der Waals surface area contributed by atoms with Gasteiger partial charge in [-0.1, -0.05) is 29.4 Å². The summed E-state index contributed by atoms with van der Waals surface area (Å²) in [5.41, 5.74) is 1.18. The molecule has 0 aliphatic rings. The highest BCUT2D eigenvalue weighted by Gasteiger charge is 2.17. The molecule has 0 spiro atoms. The summed E-state index contributed by atoms with van der Waals surface area (Å²) in [5.74, 6) is -1.84. The molecule has 0 aliphatic carbocycles. The molecular weight excluding hydrogens is 318 g/mol. The minimum absolute atomic E-state index is 0.00120. The number of rotatable bonds is 6. The molecule has 7 heteroatoms. The third-order valence-corrected chi connectivity index (χ3v) is 3.13. The highest BCUT2D eigenvalue weighted by Crippen LogP contribution is 2.19. The minimum Gasteiger partial charge on any atom is -0.489 e. The van der Waals surface area contributed by atoms with Gasteiger partial charge in [0.05, 0.1) is 0 Å². The first kappa shape index (κ1) is 17.4. The van der Waals surface area contributed by atoms with Gasteiger partial charge in [0.15, 0.2) is 5.71 Å². The zero-order chi connectivity index (χ0) is 17.5. The smallest absolute Gasteiger partial charge is 0.273 e. The van der Waals surface area contributed by atoms with Crippen molar-refractivity contribution in [2.24, 2.45) is 5.16 Å². The van der Waals surface area contributed by atoms with Crippen molar-refractivity contribution < 1.29 is 23.1 Å². The number of nitrogens with one attached hydrogen (secondary N) is 1. The lowest BCUT2D eigenvalue weighted by atomic mass is 10.0. The van der Waals surface area contributed by atoms with E-state index in [2.05, 4.69) is 10.5 Å². The van der Waals surface area contributed by atoms with Crippen molar-refractivity contribution in [2.45, 2.75) is 6.61 Å². The van der Waals surface area contributed by atoms with Crippen LogP contribution in [0.25, 0.3) is 0 Å². The maximum absolute atomic E-state index is 13.2. The number of halogens is 2. The van der Waals surface area contributed by atoms with Gasteiger partial charge >= 0.3 is 0 Å². The molecule has 0 unspecified atom stereocenters. The first-order valence-corrected chi connectivity index (χ1v) is 7.05. The molecule has 0 saturated carbocycles. The molecular formula is C17H16F2N2O3. The Kier molecular flexibility index (Phi) is 5.83. The van der Waals surface area contributed by atoms with E-state index in [1.165, 1.54) is 14.2 Å². The number of benzene rings is 2. The Morgan fingerprint density at radius 1 is 1.17 bits per heavy atom. The summed E-state index contributed by atoms with van der Waals surface area (Å²) < 4.78 is 31.8. The van der Waals surface area contributed by atoms with Crippen molar-refractivity contribution in [3.63, 3.8) is 0 Å². The molecule has 0 saturated heterocycles. The zero-order valence-electron chi connectivity index (χ0n) is 13.2. The molecule has 2 aromatic carbocycles. The monoisotopic (exact) mass is 334 g/mol. The first-order chi connectivity index (χ1) is 11.5. The van der Waals surface area contributed by atoms with Crippen LogP contribution < -0.4 is 10.1 Å². The zero-order valence-corrected chi connectivity index (χ0v) is 13.2. The van der Waals surface area contributed by atoms with E-state index in [-0.39, 0.29) is 18.1 Å². The van der Waals surface area contributed by atoms with Crippen molar-refractivity contribution in [1.29, 1.82) is 0 Å². The van der Waals surface area contributed by atoms with Crippen molar-refractivity contribution >= 4 is 11.6 Å². The molecule has 2 rings (SSSR count). The molecule has 24 heavy (non-hydrogen) atoms. The van der Waals surface area contributed by atoms with Gasteiger partial charge in [-0.05, 0) is 5.56 Å². The summed E-state index contributed by atoms with van der Waals surface area (Å²) >= 11 is 0. The molecule has 1 N–H and O–H groups in total. The topological polar surface area (TPSA) is 59.9 Å².